The van der Waals surface area contributed by atoms with Crippen molar-refractivity contribution < 1.29 is 8.42 Å². The van der Waals surface area contributed by atoms with E-state index >= 15 is 0 Å². The second kappa shape index (κ2) is 7.38. The van der Waals surface area contributed by atoms with Crippen LogP contribution in [0.25, 0.3) is 0 Å². The molecule has 118 valence electrons. The van der Waals surface area contributed by atoms with E-state index < -0.39 is 10.0 Å². The van der Waals surface area contributed by atoms with Crippen molar-refractivity contribution in [3.05, 3.63) is 29.8 Å². The zero-order chi connectivity index (χ0) is 15.3. The van der Waals surface area contributed by atoms with Crippen LogP contribution in [0.5, 0.6) is 0 Å². The lowest BCUT2D eigenvalue weighted by Crippen LogP contribution is -2.41. The molecule has 0 spiro atoms. The van der Waals surface area contributed by atoms with E-state index in [2.05, 4.69) is 12.2 Å². The summed E-state index contributed by atoms with van der Waals surface area (Å²) in [5, 5.41) is 3.32. The monoisotopic (exact) mass is 310 g/mol. The minimum absolute atomic E-state index is 0.106. The van der Waals surface area contributed by atoms with Crippen molar-refractivity contribution in [3.63, 3.8) is 0 Å². The molecule has 1 fully saturated rings. The maximum atomic E-state index is 12.7. The van der Waals surface area contributed by atoms with Gasteiger partial charge in [-0.25, -0.2) is 8.42 Å². The molecule has 1 aliphatic heterocycles. The maximum absolute atomic E-state index is 12.7. The molecule has 1 unspecified atom stereocenters. The number of sulfonamides is 1. The number of rotatable bonds is 6. The lowest BCUT2D eigenvalue weighted by Gasteiger charge is -2.32. The molecule has 4 nitrogen and oxygen atoms in total. The molecule has 0 radical (unpaired) electrons. The van der Waals surface area contributed by atoms with Gasteiger partial charge in [-0.3, -0.25) is 0 Å². The Labute approximate surface area is 128 Å². The number of benzene rings is 1. The summed E-state index contributed by atoms with van der Waals surface area (Å²) in [6.45, 7) is 6.53. The number of hydrogen-bond acceptors (Lipinski definition) is 3. The molecule has 1 aromatic rings. The minimum atomic E-state index is -3.34. The highest BCUT2D eigenvalue weighted by atomic mass is 32.2. The largest absolute Gasteiger partial charge is 0.313 e. The summed E-state index contributed by atoms with van der Waals surface area (Å²) in [4.78, 5) is 0.412. The molecule has 1 N–H and O–H groups in total. The summed E-state index contributed by atoms with van der Waals surface area (Å²) in [5.41, 5.74) is 1.12. The Kier molecular flexibility index (Phi) is 5.79. The highest BCUT2D eigenvalue weighted by molar-refractivity contribution is 7.89. The Morgan fingerprint density at radius 2 is 1.95 bits per heavy atom. The lowest BCUT2D eigenvalue weighted by atomic mass is 10.1. The maximum Gasteiger partial charge on any atom is 0.243 e. The molecule has 0 aromatic heterocycles. The van der Waals surface area contributed by atoms with Gasteiger partial charge >= 0.3 is 0 Å². The molecule has 1 saturated heterocycles. The smallest absolute Gasteiger partial charge is 0.243 e. The summed E-state index contributed by atoms with van der Waals surface area (Å²) >= 11 is 0. The summed E-state index contributed by atoms with van der Waals surface area (Å²) in [7, 11) is -3.34. The van der Waals surface area contributed by atoms with Gasteiger partial charge < -0.3 is 5.32 Å². The van der Waals surface area contributed by atoms with Crippen LogP contribution in [0.2, 0.25) is 0 Å². The molecule has 1 heterocycles. The summed E-state index contributed by atoms with van der Waals surface area (Å²) in [5.74, 6) is 0. The van der Waals surface area contributed by atoms with Gasteiger partial charge in [0.05, 0.1) is 4.90 Å². The van der Waals surface area contributed by atoms with E-state index in [0.29, 0.717) is 11.4 Å². The van der Waals surface area contributed by atoms with E-state index in [1.807, 2.05) is 19.1 Å². The van der Waals surface area contributed by atoms with Gasteiger partial charge in [-0.05, 0) is 50.4 Å². The molecular formula is C16H26N2O2S. The average Bonchev–Trinajstić information content (AvgIpc) is 2.48. The topological polar surface area (TPSA) is 49.4 Å². The van der Waals surface area contributed by atoms with Crippen LogP contribution < -0.4 is 5.32 Å². The fraction of sp³-hybridized carbons (Fsp3) is 0.625. The first-order valence-electron chi connectivity index (χ1n) is 7.87. The van der Waals surface area contributed by atoms with Gasteiger partial charge in [0.15, 0.2) is 0 Å². The van der Waals surface area contributed by atoms with Gasteiger partial charge in [0.2, 0.25) is 10.0 Å². The molecule has 2 rings (SSSR count). The van der Waals surface area contributed by atoms with Gasteiger partial charge in [0.1, 0.15) is 0 Å². The minimum Gasteiger partial charge on any atom is -0.313 e. The predicted molar refractivity (Wildman–Crippen MR) is 85.6 cm³/mol. The van der Waals surface area contributed by atoms with Crippen molar-refractivity contribution in [1.82, 2.24) is 9.62 Å². The average molecular weight is 310 g/mol. The van der Waals surface area contributed by atoms with Gasteiger partial charge in [-0.2, -0.15) is 4.31 Å². The van der Waals surface area contributed by atoms with Crippen molar-refractivity contribution in [2.75, 3.05) is 13.1 Å². The molecule has 21 heavy (non-hydrogen) atoms. The quantitative estimate of drug-likeness (QED) is 0.822. The third-order valence-electron chi connectivity index (χ3n) is 4.03. The van der Waals surface area contributed by atoms with Crippen LogP contribution in [0.4, 0.5) is 0 Å². The Bertz CT molecular complexity index is 540. The van der Waals surface area contributed by atoms with E-state index in [1.54, 1.807) is 16.4 Å². The number of hydrogen-bond donors (Lipinski definition) is 1. The first-order valence-corrected chi connectivity index (χ1v) is 9.31. The van der Waals surface area contributed by atoms with Gasteiger partial charge in [0, 0.05) is 19.1 Å². The van der Waals surface area contributed by atoms with Crippen LogP contribution in [-0.4, -0.2) is 31.9 Å². The SMILES string of the molecule is CCCNCc1ccc(S(=O)(=O)N2CCCCC2C)cc1. The molecule has 1 aliphatic rings. The highest BCUT2D eigenvalue weighted by Crippen LogP contribution is 2.25. The molecule has 0 bridgehead atoms. The second-order valence-electron chi connectivity index (χ2n) is 5.78. The molecule has 0 saturated carbocycles. The van der Waals surface area contributed by atoms with Gasteiger partial charge in [-0.15, -0.1) is 0 Å². The van der Waals surface area contributed by atoms with Crippen LogP contribution in [0.1, 0.15) is 45.1 Å². The Balaban J connectivity index is 2.09. The van der Waals surface area contributed by atoms with E-state index in [1.165, 1.54) is 0 Å². The van der Waals surface area contributed by atoms with Crippen LogP contribution in [-0.2, 0) is 16.6 Å². The van der Waals surface area contributed by atoms with E-state index in [9.17, 15) is 8.42 Å². The van der Waals surface area contributed by atoms with Crippen molar-refractivity contribution in [1.29, 1.82) is 0 Å². The van der Waals surface area contributed by atoms with Gasteiger partial charge in [-0.1, -0.05) is 25.5 Å². The predicted octanol–water partition coefficient (Wildman–Crippen LogP) is 2.75. The van der Waals surface area contributed by atoms with E-state index in [-0.39, 0.29) is 6.04 Å². The van der Waals surface area contributed by atoms with Crippen LogP contribution in [0, 0.1) is 0 Å². The fourth-order valence-electron chi connectivity index (χ4n) is 2.75. The normalized spacial score (nSPS) is 20.6. The second-order valence-corrected chi connectivity index (χ2v) is 7.67. The van der Waals surface area contributed by atoms with Crippen LogP contribution in [0.3, 0.4) is 0 Å². The Morgan fingerprint density at radius 3 is 2.57 bits per heavy atom. The van der Waals surface area contributed by atoms with Crippen molar-refractivity contribution in [3.8, 4) is 0 Å². The summed E-state index contributed by atoms with van der Waals surface area (Å²) < 4.78 is 27.0. The van der Waals surface area contributed by atoms with Crippen molar-refractivity contribution >= 4 is 10.0 Å². The molecule has 1 aromatic carbocycles. The van der Waals surface area contributed by atoms with Crippen molar-refractivity contribution in [2.24, 2.45) is 0 Å². The first-order chi connectivity index (χ1) is 10.1. The zero-order valence-electron chi connectivity index (χ0n) is 13.0. The fourth-order valence-corrected chi connectivity index (χ4v) is 4.45. The number of piperidine rings is 1. The molecule has 0 amide bonds. The van der Waals surface area contributed by atoms with Crippen LogP contribution in [0.15, 0.2) is 29.2 Å². The Morgan fingerprint density at radius 1 is 1.24 bits per heavy atom. The molecule has 5 heteroatoms. The lowest BCUT2D eigenvalue weighted by molar-refractivity contribution is 0.268. The summed E-state index contributed by atoms with van der Waals surface area (Å²) in [6.07, 6.45) is 4.13. The highest BCUT2D eigenvalue weighted by Gasteiger charge is 2.30. The van der Waals surface area contributed by atoms with E-state index in [0.717, 1.165) is 44.3 Å². The third kappa shape index (κ3) is 4.05. The molecule has 0 aliphatic carbocycles. The van der Waals surface area contributed by atoms with Gasteiger partial charge in [0.25, 0.3) is 0 Å². The molecular weight excluding hydrogens is 284 g/mol. The third-order valence-corrected chi connectivity index (χ3v) is 6.06. The van der Waals surface area contributed by atoms with Crippen LogP contribution >= 0.6 is 0 Å². The number of nitrogens with one attached hydrogen (secondary N) is 1. The van der Waals surface area contributed by atoms with E-state index in [4.69, 9.17) is 0 Å². The first kappa shape index (κ1) is 16.5. The Hall–Kier alpha value is -0.910. The number of nitrogens with zero attached hydrogens (tertiary/aromatic N) is 1. The summed E-state index contributed by atoms with van der Waals surface area (Å²) in [6, 6.07) is 7.39. The van der Waals surface area contributed by atoms with Crippen molar-refractivity contribution in [2.45, 2.75) is 57.0 Å². The molecule has 1 atom stereocenters. The standard InChI is InChI=1S/C16H26N2O2S/c1-3-11-17-13-15-7-9-16(10-8-15)21(19,20)18-12-5-4-6-14(18)2/h7-10,14,17H,3-6,11-13H2,1-2H3. The zero-order valence-corrected chi connectivity index (χ0v) is 13.8.